The Hall–Kier alpha value is -0.820. The van der Waals surface area contributed by atoms with Crippen LogP contribution in [0.1, 0.15) is 20.3 Å². The fraction of sp³-hybridized carbons (Fsp3) is 0.400. The monoisotopic (exact) mass is 151 g/mol. The van der Waals surface area contributed by atoms with Crippen LogP contribution in [0.4, 0.5) is 0 Å². The van der Waals surface area contributed by atoms with Crippen LogP contribution in [0.2, 0.25) is 0 Å². The molecule has 11 heavy (non-hydrogen) atoms. The first kappa shape index (κ1) is 10.2. The molecule has 0 rings (SSSR count). The van der Waals surface area contributed by atoms with Crippen molar-refractivity contribution in [3.8, 4) is 0 Å². The van der Waals surface area contributed by atoms with E-state index in [1.807, 2.05) is 44.2 Å². The van der Waals surface area contributed by atoms with Gasteiger partial charge in [-0.3, -0.25) is 0 Å². The summed E-state index contributed by atoms with van der Waals surface area (Å²) in [5.41, 5.74) is 5.54. The molecule has 0 fully saturated rings. The van der Waals surface area contributed by atoms with Gasteiger partial charge < -0.3 is 5.73 Å². The summed E-state index contributed by atoms with van der Waals surface area (Å²) in [6.45, 7) is 4.00. The molecule has 0 radical (unpaired) electrons. The minimum atomic E-state index is 0.265. The number of rotatable bonds is 4. The van der Waals surface area contributed by atoms with E-state index in [1.54, 1.807) is 0 Å². The van der Waals surface area contributed by atoms with Crippen LogP contribution in [-0.2, 0) is 0 Å². The van der Waals surface area contributed by atoms with Crippen molar-refractivity contribution in [1.29, 1.82) is 0 Å². The summed E-state index contributed by atoms with van der Waals surface area (Å²) < 4.78 is 0. The lowest BCUT2D eigenvalue weighted by molar-refractivity contribution is 0.757. The first-order valence-corrected chi connectivity index (χ1v) is 3.97. The van der Waals surface area contributed by atoms with Crippen LogP contribution < -0.4 is 5.73 Å². The van der Waals surface area contributed by atoms with Crippen molar-refractivity contribution >= 4 is 0 Å². The molecule has 0 aliphatic carbocycles. The fourth-order valence-electron chi connectivity index (χ4n) is 0.611. The average Bonchev–Trinajstić information content (AvgIpc) is 1.96. The van der Waals surface area contributed by atoms with Gasteiger partial charge in [-0.1, -0.05) is 36.5 Å². The van der Waals surface area contributed by atoms with Gasteiger partial charge in [0.05, 0.1) is 0 Å². The maximum absolute atomic E-state index is 5.54. The Bertz CT molecular complexity index is 152. The van der Waals surface area contributed by atoms with Gasteiger partial charge in [0.2, 0.25) is 0 Å². The van der Waals surface area contributed by atoms with Crippen molar-refractivity contribution in [2.24, 2.45) is 5.73 Å². The highest BCUT2D eigenvalue weighted by atomic mass is 14.6. The lowest BCUT2D eigenvalue weighted by Gasteiger charge is -1.95. The van der Waals surface area contributed by atoms with Gasteiger partial charge in [-0.25, -0.2) is 0 Å². The van der Waals surface area contributed by atoms with Crippen LogP contribution in [-0.4, -0.2) is 6.04 Å². The van der Waals surface area contributed by atoms with E-state index in [0.29, 0.717) is 0 Å². The molecular formula is C10H17N. The van der Waals surface area contributed by atoms with E-state index in [0.717, 1.165) is 6.42 Å². The van der Waals surface area contributed by atoms with E-state index in [9.17, 15) is 0 Å². The third kappa shape index (κ3) is 9.18. The molecule has 1 heteroatoms. The molecule has 0 bridgehead atoms. The highest BCUT2D eigenvalue weighted by molar-refractivity contribution is 5.10. The molecule has 0 aromatic carbocycles. The Kier molecular flexibility index (Phi) is 6.75. The molecule has 0 aromatic rings. The normalized spacial score (nSPS) is 15.5. The number of allylic oxidation sites excluding steroid dienone is 5. The molecule has 62 valence electrons. The summed E-state index contributed by atoms with van der Waals surface area (Å²) in [7, 11) is 0. The molecule has 2 N–H and O–H groups in total. The molecule has 0 amide bonds. The first-order valence-electron chi connectivity index (χ1n) is 3.97. The Morgan fingerprint density at radius 3 is 2.36 bits per heavy atom. The van der Waals surface area contributed by atoms with Gasteiger partial charge in [-0.05, 0) is 20.3 Å². The first-order chi connectivity index (χ1) is 5.27. The molecule has 0 saturated heterocycles. The summed E-state index contributed by atoms with van der Waals surface area (Å²) in [6, 6.07) is 0.265. The van der Waals surface area contributed by atoms with Crippen molar-refractivity contribution in [3.63, 3.8) is 0 Å². The number of hydrogen-bond donors (Lipinski definition) is 1. The summed E-state index contributed by atoms with van der Waals surface area (Å²) in [6.07, 6.45) is 13.0. The van der Waals surface area contributed by atoms with Gasteiger partial charge >= 0.3 is 0 Å². The molecule has 0 saturated carbocycles. The van der Waals surface area contributed by atoms with Gasteiger partial charge in [0.1, 0.15) is 0 Å². The molecule has 0 aliphatic rings. The Balaban J connectivity index is 3.44. The standard InChI is InChI=1S/C10H17N/c1-3-4-5-6-7-8-9-10(2)11/h3-8,10H,9,11H2,1-2H3/b4-3-,6-5-,8-7+. The van der Waals surface area contributed by atoms with E-state index < -0.39 is 0 Å². The molecule has 0 aliphatic heterocycles. The largest absolute Gasteiger partial charge is 0.328 e. The van der Waals surface area contributed by atoms with E-state index in [-0.39, 0.29) is 6.04 Å². The van der Waals surface area contributed by atoms with Gasteiger partial charge in [-0.2, -0.15) is 0 Å². The van der Waals surface area contributed by atoms with E-state index in [4.69, 9.17) is 5.73 Å². The fourth-order valence-corrected chi connectivity index (χ4v) is 0.611. The SMILES string of the molecule is C\C=C/C=C\C=C\CC(C)N. The topological polar surface area (TPSA) is 26.0 Å². The molecule has 0 heterocycles. The maximum atomic E-state index is 5.54. The maximum Gasteiger partial charge on any atom is 0.00451 e. The zero-order chi connectivity index (χ0) is 8.53. The molecule has 1 atom stereocenters. The highest BCUT2D eigenvalue weighted by Crippen LogP contribution is 1.88. The van der Waals surface area contributed by atoms with Crippen LogP contribution in [0.25, 0.3) is 0 Å². The number of hydrogen-bond acceptors (Lipinski definition) is 1. The second-order valence-electron chi connectivity index (χ2n) is 2.55. The summed E-state index contributed by atoms with van der Waals surface area (Å²) >= 11 is 0. The quantitative estimate of drug-likeness (QED) is 0.613. The average molecular weight is 151 g/mol. The molecule has 0 aromatic heterocycles. The lowest BCUT2D eigenvalue weighted by atomic mass is 10.2. The van der Waals surface area contributed by atoms with Crippen molar-refractivity contribution in [1.82, 2.24) is 0 Å². The third-order valence-corrected chi connectivity index (χ3v) is 1.17. The predicted octanol–water partition coefficient (Wildman–Crippen LogP) is 2.41. The molecular weight excluding hydrogens is 134 g/mol. The van der Waals surface area contributed by atoms with Crippen molar-refractivity contribution in [2.75, 3.05) is 0 Å². The zero-order valence-corrected chi connectivity index (χ0v) is 7.33. The van der Waals surface area contributed by atoms with Crippen LogP contribution in [0.3, 0.4) is 0 Å². The Morgan fingerprint density at radius 1 is 1.18 bits per heavy atom. The van der Waals surface area contributed by atoms with E-state index in [2.05, 4.69) is 6.08 Å². The predicted molar refractivity (Wildman–Crippen MR) is 51.4 cm³/mol. The summed E-state index contributed by atoms with van der Waals surface area (Å²) in [5, 5.41) is 0. The Labute approximate surface area is 69.3 Å². The van der Waals surface area contributed by atoms with Crippen molar-refractivity contribution < 1.29 is 0 Å². The molecule has 1 unspecified atom stereocenters. The van der Waals surface area contributed by atoms with Crippen LogP contribution >= 0.6 is 0 Å². The van der Waals surface area contributed by atoms with Crippen molar-refractivity contribution in [2.45, 2.75) is 26.3 Å². The molecule has 1 nitrogen and oxygen atoms in total. The van der Waals surface area contributed by atoms with Crippen molar-refractivity contribution in [3.05, 3.63) is 36.5 Å². The van der Waals surface area contributed by atoms with E-state index in [1.165, 1.54) is 0 Å². The van der Waals surface area contributed by atoms with Gasteiger partial charge in [0, 0.05) is 6.04 Å². The summed E-state index contributed by atoms with van der Waals surface area (Å²) in [5.74, 6) is 0. The smallest absolute Gasteiger partial charge is 0.00451 e. The Morgan fingerprint density at radius 2 is 1.82 bits per heavy atom. The second kappa shape index (κ2) is 7.29. The summed E-state index contributed by atoms with van der Waals surface area (Å²) in [4.78, 5) is 0. The zero-order valence-electron chi connectivity index (χ0n) is 7.33. The van der Waals surface area contributed by atoms with Crippen LogP contribution in [0, 0.1) is 0 Å². The highest BCUT2D eigenvalue weighted by Gasteiger charge is 1.84. The second-order valence-corrected chi connectivity index (χ2v) is 2.55. The van der Waals surface area contributed by atoms with Crippen LogP contribution in [0.15, 0.2) is 36.5 Å². The van der Waals surface area contributed by atoms with E-state index >= 15 is 0 Å². The number of nitrogens with two attached hydrogens (primary N) is 1. The van der Waals surface area contributed by atoms with Gasteiger partial charge in [0.25, 0.3) is 0 Å². The van der Waals surface area contributed by atoms with Crippen LogP contribution in [0.5, 0.6) is 0 Å². The third-order valence-electron chi connectivity index (χ3n) is 1.17. The minimum Gasteiger partial charge on any atom is -0.328 e. The van der Waals surface area contributed by atoms with Gasteiger partial charge in [-0.15, -0.1) is 0 Å². The molecule has 0 spiro atoms. The lowest BCUT2D eigenvalue weighted by Crippen LogP contribution is -2.12. The minimum absolute atomic E-state index is 0.265. The van der Waals surface area contributed by atoms with Gasteiger partial charge in [0.15, 0.2) is 0 Å².